The van der Waals surface area contributed by atoms with Gasteiger partial charge in [0.2, 0.25) is 0 Å². The van der Waals surface area contributed by atoms with Crippen molar-refractivity contribution in [3.63, 3.8) is 0 Å². The highest BCUT2D eigenvalue weighted by Crippen LogP contribution is 2.27. The fraction of sp³-hybridized carbons (Fsp3) is 0.444. The molecule has 0 spiro atoms. The number of hydrogen-bond donors (Lipinski definition) is 1. The van der Waals surface area contributed by atoms with Crippen LogP contribution in [0.4, 0.5) is 10.1 Å². The number of aromatic nitrogens is 1. The summed E-state index contributed by atoms with van der Waals surface area (Å²) in [6, 6.07) is 1.20. The molecule has 72 valence electrons. The van der Waals surface area contributed by atoms with E-state index in [0.29, 0.717) is 5.69 Å². The zero-order chi connectivity index (χ0) is 10.2. The Balaban J connectivity index is 3.32. The predicted molar refractivity (Wildman–Crippen MR) is 52.3 cm³/mol. The molecular formula is C9H12ClFN2. The molecule has 0 unspecified atom stereocenters. The van der Waals surface area contributed by atoms with E-state index < -0.39 is 5.82 Å². The molecule has 0 aliphatic carbocycles. The first kappa shape index (κ1) is 10.3. The van der Waals surface area contributed by atoms with Crippen LogP contribution in [0.2, 0.25) is 5.15 Å². The van der Waals surface area contributed by atoms with Crippen LogP contribution in [-0.2, 0) is 5.41 Å². The molecule has 0 aliphatic heterocycles. The van der Waals surface area contributed by atoms with Gasteiger partial charge in [0, 0.05) is 11.5 Å². The zero-order valence-electron chi connectivity index (χ0n) is 7.86. The van der Waals surface area contributed by atoms with E-state index in [1.165, 1.54) is 6.07 Å². The highest BCUT2D eigenvalue weighted by molar-refractivity contribution is 6.31. The van der Waals surface area contributed by atoms with Gasteiger partial charge in [-0.3, -0.25) is 0 Å². The number of hydrogen-bond acceptors (Lipinski definition) is 2. The maximum Gasteiger partial charge on any atom is 0.152 e. The quantitative estimate of drug-likeness (QED) is 0.657. The molecule has 0 saturated heterocycles. The van der Waals surface area contributed by atoms with Crippen molar-refractivity contribution in [3.8, 4) is 0 Å². The van der Waals surface area contributed by atoms with Gasteiger partial charge in [-0.15, -0.1) is 0 Å². The standard InChI is InChI=1S/C9H12ClFN2/c1-9(2,3)7-5(11)4-6(12)8(10)13-7/h4H,12H2,1-3H3. The molecule has 1 aromatic heterocycles. The molecule has 0 aliphatic rings. The second kappa shape index (κ2) is 3.14. The zero-order valence-corrected chi connectivity index (χ0v) is 8.61. The van der Waals surface area contributed by atoms with Gasteiger partial charge in [-0.05, 0) is 0 Å². The van der Waals surface area contributed by atoms with Crippen molar-refractivity contribution >= 4 is 17.3 Å². The van der Waals surface area contributed by atoms with Crippen LogP contribution in [0, 0.1) is 5.82 Å². The smallest absolute Gasteiger partial charge is 0.152 e. The molecule has 1 heterocycles. The number of anilines is 1. The van der Waals surface area contributed by atoms with Gasteiger partial charge < -0.3 is 5.73 Å². The van der Waals surface area contributed by atoms with Crippen LogP contribution in [-0.4, -0.2) is 4.98 Å². The van der Waals surface area contributed by atoms with E-state index in [4.69, 9.17) is 17.3 Å². The lowest BCUT2D eigenvalue weighted by molar-refractivity contribution is 0.503. The third kappa shape index (κ3) is 2.10. The minimum absolute atomic E-state index is 0.159. The van der Waals surface area contributed by atoms with Crippen LogP contribution in [0.5, 0.6) is 0 Å². The van der Waals surface area contributed by atoms with Gasteiger partial charge >= 0.3 is 0 Å². The topological polar surface area (TPSA) is 38.9 Å². The number of nitrogens with two attached hydrogens (primary N) is 1. The average Bonchev–Trinajstić information content (AvgIpc) is 1.94. The average molecular weight is 203 g/mol. The number of halogens is 2. The Bertz CT molecular complexity index is 331. The molecule has 0 radical (unpaired) electrons. The predicted octanol–water partition coefficient (Wildman–Crippen LogP) is 2.75. The lowest BCUT2D eigenvalue weighted by Crippen LogP contribution is -2.16. The van der Waals surface area contributed by atoms with E-state index in [-0.39, 0.29) is 16.3 Å². The Kier molecular flexibility index (Phi) is 2.48. The Morgan fingerprint density at radius 2 is 2.00 bits per heavy atom. The SMILES string of the molecule is CC(C)(C)c1nc(Cl)c(N)cc1F. The summed E-state index contributed by atoms with van der Waals surface area (Å²) < 4.78 is 13.3. The van der Waals surface area contributed by atoms with Gasteiger partial charge in [0.25, 0.3) is 0 Å². The molecule has 0 fully saturated rings. The molecule has 1 aromatic rings. The largest absolute Gasteiger partial charge is 0.396 e. The summed E-state index contributed by atoms with van der Waals surface area (Å²) in [4.78, 5) is 3.91. The van der Waals surface area contributed by atoms with Gasteiger partial charge in [0.05, 0.1) is 11.4 Å². The lowest BCUT2D eigenvalue weighted by atomic mass is 9.91. The monoisotopic (exact) mass is 202 g/mol. The summed E-state index contributed by atoms with van der Waals surface area (Å²) in [5, 5.41) is 0.159. The molecule has 0 amide bonds. The van der Waals surface area contributed by atoms with E-state index in [0.717, 1.165) is 0 Å². The number of nitrogens with zero attached hydrogens (tertiary/aromatic N) is 1. The first-order chi connectivity index (χ1) is 5.82. The summed E-state index contributed by atoms with van der Waals surface area (Å²) in [5.41, 5.74) is 5.55. The first-order valence-electron chi connectivity index (χ1n) is 3.94. The van der Waals surface area contributed by atoms with Crippen molar-refractivity contribution in [1.29, 1.82) is 0 Å². The van der Waals surface area contributed by atoms with Gasteiger partial charge in [0.1, 0.15) is 5.82 Å². The Labute approximate surface area is 81.9 Å². The summed E-state index contributed by atoms with van der Waals surface area (Å²) in [6.45, 7) is 5.60. The van der Waals surface area contributed by atoms with Crippen LogP contribution in [0.1, 0.15) is 26.5 Å². The highest BCUT2D eigenvalue weighted by atomic mass is 35.5. The molecule has 0 atom stereocenters. The van der Waals surface area contributed by atoms with Gasteiger partial charge in [-0.25, -0.2) is 9.37 Å². The second-order valence-corrected chi connectivity index (χ2v) is 4.31. The Hall–Kier alpha value is -0.830. The molecular weight excluding hydrogens is 191 g/mol. The third-order valence-corrected chi connectivity index (χ3v) is 1.97. The molecule has 0 bridgehead atoms. The van der Waals surface area contributed by atoms with Crippen LogP contribution in [0.3, 0.4) is 0 Å². The number of pyridine rings is 1. The van der Waals surface area contributed by atoms with Gasteiger partial charge in [0.15, 0.2) is 5.15 Å². The summed E-state index contributed by atoms with van der Waals surface area (Å²) in [5.74, 6) is -0.408. The van der Waals surface area contributed by atoms with Crippen LogP contribution in [0.15, 0.2) is 6.07 Å². The van der Waals surface area contributed by atoms with Crippen molar-refractivity contribution in [3.05, 3.63) is 22.7 Å². The molecule has 0 saturated carbocycles. The lowest BCUT2D eigenvalue weighted by Gasteiger charge is -2.18. The van der Waals surface area contributed by atoms with Crippen molar-refractivity contribution in [1.82, 2.24) is 4.98 Å². The first-order valence-corrected chi connectivity index (χ1v) is 4.32. The minimum Gasteiger partial charge on any atom is -0.396 e. The molecule has 2 nitrogen and oxygen atoms in total. The number of rotatable bonds is 0. The molecule has 13 heavy (non-hydrogen) atoms. The maximum absolute atomic E-state index is 13.3. The minimum atomic E-state index is -0.408. The highest BCUT2D eigenvalue weighted by Gasteiger charge is 2.21. The van der Waals surface area contributed by atoms with Crippen molar-refractivity contribution in [2.45, 2.75) is 26.2 Å². The van der Waals surface area contributed by atoms with E-state index in [1.54, 1.807) is 0 Å². The fourth-order valence-corrected chi connectivity index (χ4v) is 1.15. The molecule has 4 heteroatoms. The van der Waals surface area contributed by atoms with E-state index in [1.807, 2.05) is 20.8 Å². The third-order valence-electron chi connectivity index (χ3n) is 1.67. The Morgan fingerprint density at radius 3 is 2.46 bits per heavy atom. The van der Waals surface area contributed by atoms with Crippen molar-refractivity contribution in [2.75, 3.05) is 5.73 Å². The number of nitrogen functional groups attached to an aromatic ring is 1. The summed E-state index contributed by atoms with van der Waals surface area (Å²) in [6.07, 6.45) is 0. The fourth-order valence-electron chi connectivity index (χ4n) is 1.01. The normalized spacial score (nSPS) is 11.8. The van der Waals surface area contributed by atoms with Crippen LogP contribution >= 0.6 is 11.6 Å². The molecule has 1 rings (SSSR count). The summed E-state index contributed by atoms with van der Waals surface area (Å²) in [7, 11) is 0. The molecule has 2 N–H and O–H groups in total. The van der Waals surface area contributed by atoms with E-state index in [9.17, 15) is 4.39 Å². The van der Waals surface area contributed by atoms with Gasteiger partial charge in [-0.1, -0.05) is 32.4 Å². The second-order valence-electron chi connectivity index (χ2n) is 3.95. The maximum atomic E-state index is 13.3. The molecule has 0 aromatic carbocycles. The van der Waals surface area contributed by atoms with Crippen molar-refractivity contribution < 1.29 is 4.39 Å². The van der Waals surface area contributed by atoms with Crippen molar-refractivity contribution in [2.24, 2.45) is 0 Å². The van der Waals surface area contributed by atoms with E-state index in [2.05, 4.69) is 4.98 Å². The summed E-state index contributed by atoms with van der Waals surface area (Å²) >= 11 is 5.69. The van der Waals surface area contributed by atoms with Crippen LogP contribution in [0.25, 0.3) is 0 Å². The van der Waals surface area contributed by atoms with Gasteiger partial charge in [-0.2, -0.15) is 0 Å². The van der Waals surface area contributed by atoms with E-state index >= 15 is 0 Å². The van der Waals surface area contributed by atoms with Crippen LogP contribution < -0.4 is 5.73 Å². The Morgan fingerprint density at radius 1 is 1.46 bits per heavy atom.